The molecule has 0 fully saturated rings. The van der Waals surface area contributed by atoms with E-state index in [0.29, 0.717) is 10.6 Å². The summed E-state index contributed by atoms with van der Waals surface area (Å²) in [6.45, 7) is 3.98. The van der Waals surface area contributed by atoms with Gasteiger partial charge in [-0.25, -0.2) is 13.1 Å². The summed E-state index contributed by atoms with van der Waals surface area (Å²) in [5.41, 5.74) is 0.702. The third-order valence-corrected chi connectivity index (χ3v) is 4.11. The molecule has 0 aromatic heterocycles. The Morgan fingerprint density at radius 1 is 1.27 bits per heavy atom. The Hall–Kier alpha value is -1.11. The van der Waals surface area contributed by atoms with Gasteiger partial charge in [0.1, 0.15) is 0 Å². The van der Waals surface area contributed by atoms with Crippen LogP contribution in [0.2, 0.25) is 5.02 Å². The fourth-order valence-electron chi connectivity index (χ4n) is 2.21. The van der Waals surface area contributed by atoms with Crippen LogP contribution in [-0.4, -0.2) is 26.6 Å². The fourth-order valence-corrected chi connectivity index (χ4v) is 3.07. The van der Waals surface area contributed by atoms with Gasteiger partial charge in [-0.15, -0.1) is 0 Å². The van der Waals surface area contributed by atoms with Crippen LogP contribution in [0.1, 0.15) is 44.7 Å². The molecule has 22 heavy (non-hydrogen) atoms. The number of hydrogen-bond donors (Lipinski definition) is 2. The minimum atomic E-state index is -3.43. The van der Waals surface area contributed by atoms with Crippen LogP contribution in [0.4, 0.5) is 0 Å². The standard InChI is InChI=1S/C15H23ClN2O3S/c1-4-5-11(2)17-15(19)10-14(18-22(3,20)21)12-6-8-13(16)9-7-12/h6-9,11,14,18H,4-5,10H2,1-3H3,(H,17,19)/t11-,14+/m1/s1. The topological polar surface area (TPSA) is 75.3 Å². The summed E-state index contributed by atoms with van der Waals surface area (Å²) in [6.07, 6.45) is 2.98. The molecular formula is C15H23ClN2O3S. The van der Waals surface area contributed by atoms with Crippen LogP contribution in [0.5, 0.6) is 0 Å². The molecule has 5 nitrogen and oxygen atoms in total. The second-order valence-electron chi connectivity index (χ2n) is 5.46. The molecule has 2 N–H and O–H groups in total. The van der Waals surface area contributed by atoms with E-state index >= 15 is 0 Å². The number of nitrogens with one attached hydrogen (secondary N) is 2. The summed E-state index contributed by atoms with van der Waals surface area (Å²) < 4.78 is 25.5. The Morgan fingerprint density at radius 3 is 2.36 bits per heavy atom. The first-order chi connectivity index (χ1) is 10.2. The van der Waals surface area contributed by atoms with Gasteiger partial charge < -0.3 is 5.32 Å². The van der Waals surface area contributed by atoms with Crippen molar-refractivity contribution in [2.45, 2.75) is 45.2 Å². The van der Waals surface area contributed by atoms with E-state index < -0.39 is 16.1 Å². The van der Waals surface area contributed by atoms with Gasteiger partial charge in [0.25, 0.3) is 0 Å². The zero-order valence-corrected chi connectivity index (χ0v) is 14.7. The number of rotatable bonds is 8. The van der Waals surface area contributed by atoms with Crippen molar-refractivity contribution >= 4 is 27.5 Å². The predicted molar refractivity (Wildman–Crippen MR) is 89.3 cm³/mol. The summed E-state index contributed by atoms with van der Waals surface area (Å²) in [5.74, 6) is -0.183. The molecule has 0 heterocycles. The molecule has 0 aliphatic rings. The van der Waals surface area contributed by atoms with Gasteiger partial charge in [-0.2, -0.15) is 0 Å². The van der Waals surface area contributed by atoms with Crippen LogP contribution < -0.4 is 10.0 Å². The molecule has 0 spiro atoms. The summed E-state index contributed by atoms with van der Waals surface area (Å²) in [4.78, 5) is 12.1. The number of amides is 1. The van der Waals surface area contributed by atoms with Crippen molar-refractivity contribution < 1.29 is 13.2 Å². The monoisotopic (exact) mass is 346 g/mol. The van der Waals surface area contributed by atoms with Crippen molar-refractivity contribution in [3.8, 4) is 0 Å². The van der Waals surface area contributed by atoms with Gasteiger partial charge >= 0.3 is 0 Å². The van der Waals surface area contributed by atoms with Gasteiger partial charge in [0.2, 0.25) is 15.9 Å². The largest absolute Gasteiger partial charge is 0.354 e. The van der Waals surface area contributed by atoms with E-state index in [2.05, 4.69) is 10.0 Å². The molecule has 0 aliphatic heterocycles. The number of carbonyl (C=O) groups is 1. The molecule has 0 saturated heterocycles. The third kappa shape index (κ3) is 7.24. The lowest BCUT2D eigenvalue weighted by Crippen LogP contribution is -2.36. The normalized spacial score (nSPS) is 14.4. The number of sulfonamides is 1. The Morgan fingerprint density at radius 2 is 1.86 bits per heavy atom. The average Bonchev–Trinajstić information content (AvgIpc) is 2.37. The second kappa shape index (κ2) is 8.50. The van der Waals surface area contributed by atoms with Gasteiger partial charge in [-0.1, -0.05) is 37.1 Å². The predicted octanol–water partition coefficient (Wildman–Crippen LogP) is 2.63. The van der Waals surface area contributed by atoms with Crippen LogP contribution in [0.15, 0.2) is 24.3 Å². The minimum absolute atomic E-state index is 0.0444. The van der Waals surface area contributed by atoms with Crippen molar-refractivity contribution in [2.24, 2.45) is 0 Å². The molecule has 1 amide bonds. The van der Waals surface area contributed by atoms with Crippen molar-refractivity contribution in [1.29, 1.82) is 0 Å². The van der Waals surface area contributed by atoms with Gasteiger partial charge in [-0.3, -0.25) is 4.79 Å². The average molecular weight is 347 g/mol. The summed E-state index contributed by atoms with van der Waals surface area (Å²) in [5, 5.41) is 3.44. The molecular weight excluding hydrogens is 324 g/mol. The van der Waals surface area contributed by atoms with Gasteiger partial charge in [0.05, 0.1) is 12.3 Å². The summed E-state index contributed by atoms with van der Waals surface area (Å²) in [6, 6.07) is 6.24. The lowest BCUT2D eigenvalue weighted by atomic mass is 10.0. The van der Waals surface area contributed by atoms with Crippen LogP contribution in [-0.2, 0) is 14.8 Å². The smallest absolute Gasteiger partial charge is 0.222 e. The van der Waals surface area contributed by atoms with Crippen molar-refractivity contribution in [3.05, 3.63) is 34.9 Å². The number of carbonyl (C=O) groups excluding carboxylic acids is 1. The van der Waals surface area contributed by atoms with Crippen molar-refractivity contribution in [3.63, 3.8) is 0 Å². The molecule has 2 atom stereocenters. The number of halogens is 1. The molecule has 0 unspecified atom stereocenters. The highest BCUT2D eigenvalue weighted by molar-refractivity contribution is 7.88. The summed E-state index contributed by atoms with van der Waals surface area (Å²) in [7, 11) is -3.43. The molecule has 124 valence electrons. The molecule has 1 rings (SSSR count). The first kappa shape index (κ1) is 18.9. The first-order valence-electron chi connectivity index (χ1n) is 7.23. The molecule has 0 aliphatic carbocycles. The zero-order valence-electron chi connectivity index (χ0n) is 13.1. The summed E-state index contributed by atoms with van der Waals surface area (Å²) >= 11 is 5.84. The molecule has 7 heteroatoms. The van der Waals surface area contributed by atoms with E-state index in [-0.39, 0.29) is 18.4 Å². The SMILES string of the molecule is CCC[C@@H](C)NC(=O)C[C@H](NS(C)(=O)=O)c1ccc(Cl)cc1. The number of hydrogen-bond acceptors (Lipinski definition) is 3. The number of benzene rings is 1. The fraction of sp³-hybridized carbons (Fsp3) is 0.533. The third-order valence-electron chi connectivity index (χ3n) is 3.15. The minimum Gasteiger partial charge on any atom is -0.354 e. The van der Waals surface area contributed by atoms with Crippen LogP contribution >= 0.6 is 11.6 Å². The molecule has 0 bridgehead atoms. The maximum absolute atomic E-state index is 12.1. The Balaban J connectivity index is 2.82. The molecule has 0 radical (unpaired) electrons. The van der Waals surface area contributed by atoms with E-state index in [1.54, 1.807) is 24.3 Å². The molecule has 1 aromatic rings. The van der Waals surface area contributed by atoms with Crippen LogP contribution in [0.25, 0.3) is 0 Å². The lowest BCUT2D eigenvalue weighted by molar-refractivity contribution is -0.122. The van der Waals surface area contributed by atoms with E-state index in [0.717, 1.165) is 19.1 Å². The van der Waals surface area contributed by atoms with Crippen LogP contribution in [0.3, 0.4) is 0 Å². The Bertz CT molecular complexity index is 587. The highest BCUT2D eigenvalue weighted by Gasteiger charge is 2.20. The quantitative estimate of drug-likeness (QED) is 0.759. The zero-order chi connectivity index (χ0) is 16.8. The van der Waals surface area contributed by atoms with E-state index in [9.17, 15) is 13.2 Å². The second-order valence-corrected chi connectivity index (χ2v) is 7.67. The van der Waals surface area contributed by atoms with E-state index in [1.807, 2.05) is 13.8 Å². The van der Waals surface area contributed by atoms with E-state index in [4.69, 9.17) is 11.6 Å². The Labute approximate surface area is 137 Å². The van der Waals surface area contributed by atoms with Gasteiger partial charge in [0.15, 0.2) is 0 Å². The first-order valence-corrected chi connectivity index (χ1v) is 9.50. The van der Waals surface area contributed by atoms with Crippen LogP contribution in [0, 0.1) is 0 Å². The highest BCUT2D eigenvalue weighted by Crippen LogP contribution is 2.20. The highest BCUT2D eigenvalue weighted by atomic mass is 35.5. The van der Waals surface area contributed by atoms with Crippen molar-refractivity contribution in [2.75, 3.05) is 6.26 Å². The van der Waals surface area contributed by atoms with Crippen molar-refractivity contribution in [1.82, 2.24) is 10.0 Å². The van der Waals surface area contributed by atoms with Gasteiger partial charge in [-0.05, 0) is 31.0 Å². The maximum Gasteiger partial charge on any atom is 0.222 e. The lowest BCUT2D eigenvalue weighted by Gasteiger charge is -2.19. The van der Waals surface area contributed by atoms with E-state index in [1.165, 1.54) is 0 Å². The van der Waals surface area contributed by atoms with Gasteiger partial charge in [0, 0.05) is 17.5 Å². The molecule has 0 saturated carbocycles. The Kier molecular flexibility index (Phi) is 7.32. The molecule has 1 aromatic carbocycles. The maximum atomic E-state index is 12.1.